The number of carbonyl (C=O) groups excluding carboxylic acids is 1. The van der Waals surface area contributed by atoms with Crippen LogP contribution in [0.2, 0.25) is 10.0 Å². The highest BCUT2D eigenvalue weighted by molar-refractivity contribution is 6.31. The molecule has 26 heavy (non-hydrogen) atoms. The van der Waals surface area contributed by atoms with Crippen molar-refractivity contribution >= 4 is 35.4 Å². The van der Waals surface area contributed by atoms with Gasteiger partial charge in [-0.1, -0.05) is 23.2 Å². The molecule has 2 aromatic rings. The third-order valence-electron chi connectivity index (χ3n) is 3.17. The SMILES string of the molecule is N#CN=CN(Cc1ncc(C(F)(F)F)cc1Cl)C(=O)c1ccc(Cl)cc1. The maximum absolute atomic E-state index is 12.7. The molecule has 1 aromatic heterocycles. The van der Waals surface area contributed by atoms with Gasteiger partial charge in [0.2, 0.25) is 6.19 Å². The number of hydrogen-bond acceptors (Lipinski definition) is 4. The number of pyridine rings is 1. The van der Waals surface area contributed by atoms with Crippen LogP contribution in [-0.4, -0.2) is 22.1 Å². The zero-order valence-corrected chi connectivity index (χ0v) is 14.3. The molecular formula is C16H9Cl2F3N4O. The van der Waals surface area contributed by atoms with Crippen LogP contribution in [0.15, 0.2) is 41.5 Å². The second kappa shape index (κ2) is 8.17. The molecule has 134 valence electrons. The van der Waals surface area contributed by atoms with Gasteiger partial charge in [-0.05, 0) is 30.3 Å². The molecule has 0 aliphatic heterocycles. The lowest BCUT2D eigenvalue weighted by Gasteiger charge is -2.18. The van der Waals surface area contributed by atoms with Gasteiger partial charge < -0.3 is 0 Å². The third-order valence-corrected chi connectivity index (χ3v) is 3.75. The lowest BCUT2D eigenvalue weighted by atomic mass is 10.2. The summed E-state index contributed by atoms with van der Waals surface area (Å²) < 4.78 is 38.0. The second-order valence-corrected chi connectivity index (χ2v) is 5.78. The van der Waals surface area contributed by atoms with Crippen molar-refractivity contribution in [3.8, 4) is 6.19 Å². The minimum Gasteiger partial charge on any atom is -0.292 e. The molecule has 0 aliphatic carbocycles. The summed E-state index contributed by atoms with van der Waals surface area (Å²) in [5, 5.41) is 8.74. The molecule has 10 heteroatoms. The summed E-state index contributed by atoms with van der Waals surface area (Å²) in [6, 6.07) is 6.63. The van der Waals surface area contributed by atoms with Crippen molar-refractivity contribution in [2.45, 2.75) is 12.7 Å². The monoisotopic (exact) mass is 400 g/mol. The summed E-state index contributed by atoms with van der Waals surface area (Å²) in [6.07, 6.45) is -1.52. The van der Waals surface area contributed by atoms with Crippen molar-refractivity contribution in [3.05, 3.63) is 63.4 Å². The summed E-state index contributed by atoms with van der Waals surface area (Å²) in [5.41, 5.74) is -0.749. The van der Waals surface area contributed by atoms with E-state index in [2.05, 4.69) is 9.98 Å². The maximum atomic E-state index is 12.7. The zero-order chi connectivity index (χ0) is 19.3. The lowest BCUT2D eigenvalue weighted by molar-refractivity contribution is -0.137. The molecule has 0 spiro atoms. The second-order valence-electron chi connectivity index (χ2n) is 4.93. The van der Waals surface area contributed by atoms with Gasteiger partial charge in [0.25, 0.3) is 5.91 Å². The van der Waals surface area contributed by atoms with Crippen LogP contribution in [0.25, 0.3) is 0 Å². The lowest BCUT2D eigenvalue weighted by Crippen LogP contribution is -2.29. The number of nitrogens with zero attached hydrogens (tertiary/aromatic N) is 4. The highest BCUT2D eigenvalue weighted by Gasteiger charge is 2.31. The minimum absolute atomic E-state index is 0.0198. The van der Waals surface area contributed by atoms with Gasteiger partial charge >= 0.3 is 6.18 Å². The number of benzene rings is 1. The van der Waals surface area contributed by atoms with Crippen LogP contribution >= 0.6 is 23.2 Å². The van der Waals surface area contributed by atoms with E-state index in [4.69, 9.17) is 28.5 Å². The first kappa shape index (κ1) is 19.7. The van der Waals surface area contributed by atoms with E-state index < -0.39 is 17.6 Å². The normalized spacial score (nSPS) is 11.4. The predicted molar refractivity (Wildman–Crippen MR) is 89.7 cm³/mol. The Morgan fingerprint density at radius 3 is 2.50 bits per heavy atom. The van der Waals surface area contributed by atoms with Gasteiger partial charge in [0.1, 0.15) is 6.34 Å². The fourth-order valence-electron chi connectivity index (χ4n) is 1.92. The molecule has 0 unspecified atom stereocenters. The van der Waals surface area contributed by atoms with Crippen LogP contribution < -0.4 is 0 Å². The quantitative estimate of drug-likeness (QED) is 0.429. The molecular weight excluding hydrogens is 392 g/mol. The average molecular weight is 401 g/mol. The first-order chi connectivity index (χ1) is 12.2. The molecule has 5 nitrogen and oxygen atoms in total. The molecule has 0 atom stereocenters. The van der Waals surface area contributed by atoms with E-state index in [-0.39, 0.29) is 22.8 Å². The molecule has 0 aliphatic rings. The highest BCUT2D eigenvalue weighted by Crippen LogP contribution is 2.31. The number of carbonyl (C=O) groups is 1. The van der Waals surface area contributed by atoms with Crippen molar-refractivity contribution < 1.29 is 18.0 Å². The zero-order valence-electron chi connectivity index (χ0n) is 12.8. The molecule has 0 radical (unpaired) electrons. The van der Waals surface area contributed by atoms with E-state index in [1.54, 1.807) is 0 Å². The van der Waals surface area contributed by atoms with Crippen molar-refractivity contribution in [3.63, 3.8) is 0 Å². The third kappa shape index (κ3) is 4.94. The number of aromatic nitrogens is 1. The van der Waals surface area contributed by atoms with E-state index >= 15 is 0 Å². The van der Waals surface area contributed by atoms with Crippen LogP contribution in [0, 0.1) is 11.5 Å². The largest absolute Gasteiger partial charge is 0.417 e. The van der Waals surface area contributed by atoms with E-state index in [0.29, 0.717) is 11.2 Å². The first-order valence-electron chi connectivity index (χ1n) is 6.93. The number of nitriles is 1. The van der Waals surface area contributed by atoms with Crippen molar-refractivity contribution in [1.29, 1.82) is 5.26 Å². The van der Waals surface area contributed by atoms with Crippen LogP contribution in [0.3, 0.4) is 0 Å². The van der Waals surface area contributed by atoms with Gasteiger partial charge in [-0.15, -0.1) is 0 Å². The Hall–Kier alpha value is -2.63. The maximum Gasteiger partial charge on any atom is 0.417 e. The van der Waals surface area contributed by atoms with Crippen molar-refractivity contribution in [2.75, 3.05) is 0 Å². The van der Waals surface area contributed by atoms with E-state index in [0.717, 1.165) is 17.3 Å². The van der Waals surface area contributed by atoms with Gasteiger partial charge in [-0.2, -0.15) is 23.4 Å². The smallest absolute Gasteiger partial charge is 0.292 e. The van der Waals surface area contributed by atoms with Crippen LogP contribution in [0.4, 0.5) is 13.2 Å². The Bertz CT molecular complexity index is 877. The average Bonchev–Trinajstić information content (AvgIpc) is 2.59. The summed E-state index contributed by atoms with van der Waals surface area (Å²) in [6.45, 7) is -0.274. The van der Waals surface area contributed by atoms with Crippen LogP contribution in [0.1, 0.15) is 21.6 Å². The number of alkyl halides is 3. The number of hydrogen-bond donors (Lipinski definition) is 0. The fraction of sp³-hybridized carbons (Fsp3) is 0.125. The number of rotatable bonds is 4. The Morgan fingerprint density at radius 1 is 1.31 bits per heavy atom. The Labute approximate surface area is 156 Å². The van der Waals surface area contributed by atoms with Crippen molar-refractivity contribution in [2.24, 2.45) is 4.99 Å². The summed E-state index contributed by atoms with van der Waals surface area (Å²) in [4.78, 5) is 20.5. The van der Waals surface area contributed by atoms with Gasteiger partial charge in [-0.3, -0.25) is 14.7 Å². The molecule has 0 bridgehead atoms. The highest BCUT2D eigenvalue weighted by atomic mass is 35.5. The predicted octanol–water partition coefficient (Wildman–Crippen LogP) is 4.56. The standard InChI is InChI=1S/C16H9Cl2F3N4O/c17-12-3-1-10(2-4-12)15(26)25(9-23-8-22)7-14-13(18)5-11(6-24-14)16(19,20)21/h1-6,9H,7H2. The van der Waals surface area contributed by atoms with Gasteiger partial charge in [0, 0.05) is 16.8 Å². The number of aliphatic imine (C=N–C) groups is 1. The molecule has 1 heterocycles. The van der Waals surface area contributed by atoms with E-state index in [9.17, 15) is 18.0 Å². The molecule has 1 aromatic carbocycles. The topological polar surface area (TPSA) is 69.3 Å². The molecule has 1 amide bonds. The molecule has 0 saturated carbocycles. The fourth-order valence-corrected chi connectivity index (χ4v) is 2.27. The van der Waals surface area contributed by atoms with Crippen LogP contribution in [-0.2, 0) is 12.7 Å². The summed E-state index contributed by atoms with van der Waals surface area (Å²) in [5.74, 6) is -0.557. The van der Waals surface area contributed by atoms with Gasteiger partial charge in [0.15, 0.2) is 0 Å². The molecule has 2 rings (SSSR count). The molecule has 0 N–H and O–H groups in total. The van der Waals surface area contributed by atoms with E-state index in [1.807, 2.05) is 0 Å². The summed E-state index contributed by atoms with van der Waals surface area (Å²) >= 11 is 11.6. The molecule has 0 saturated heterocycles. The summed E-state index contributed by atoms with van der Waals surface area (Å²) in [7, 11) is 0. The van der Waals surface area contributed by atoms with E-state index in [1.165, 1.54) is 30.5 Å². The Morgan fingerprint density at radius 2 is 1.96 bits per heavy atom. The number of amides is 1. The number of halogens is 5. The minimum atomic E-state index is -4.59. The molecule has 0 fully saturated rings. The van der Waals surface area contributed by atoms with Crippen LogP contribution in [0.5, 0.6) is 0 Å². The first-order valence-corrected chi connectivity index (χ1v) is 7.68. The van der Waals surface area contributed by atoms with Crippen molar-refractivity contribution in [1.82, 2.24) is 9.88 Å². The van der Waals surface area contributed by atoms with Gasteiger partial charge in [0.05, 0.1) is 22.8 Å². The Balaban J connectivity index is 2.31. The van der Waals surface area contributed by atoms with Gasteiger partial charge in [-0.25, -0.2) is 0 Å². The Kier molecular flexibility index (Phi) is 6.18.